The van der Waals surface area contributed by atoms with Crippen LogP contribution in [0.1, 0.15) is 19.3 Å². The average Bonchev–Trinajstić information content (AvgIpc) is 2.50. The zero-order valence-corrected chi connectivity index (χ0v) is 14.0. The Bertz CT molecular complexity index is 334. The molecule has 2 amide bonds. The van der Waals surface area contributed by atoms with E-state index in [-0.39, 0.29) is 12.4 Å². The lowest BCUT2D eigenvalue weighted by atomic mass is 10.1. The van der Waals surface area contributed by atoms with Gasteiger partial charge in [-0.05, 0) is 19.4 Å². The summed E-state index contributed by atoms with van der Waals surface area (Å²) in [5.41, 5.74) is 11.1. The van der Waals surface area contributed by atoms with Crippen LogP contribution in [0.5, 0.6) is 0 Å². The Hall–Kier alpha value is -0.970. The van der Waals surface area contributed by atoms with Crippen LogP contribution >= 0.6 is 21.6 Å². The SMILES string of the molecule is NCCCCC(N)C(=O)NCCSSCCNC(=O)OC=O. The van der Waals surface area contributed by atoms with Gasteiger partial charge < -0.3 is 26.8 Å². The number of alkyl carbamates (subject to hydrolysis) is 1. The molecule has 0 saturated heterocycles. The topological polar surface area (TPSA) is 137 Å². The van der Waals surface area contributed by atoms with Gasteiger partial charge in [-0.2, -0.15) is 0 Å². The fourth-order valence-electron chi connectivity index (χ4n) is 1.38. The molecule has 0 aliphatic heterocycles. The Balaban J connectivity index is 3.39. The van der Waals surface area contributed by atoms with Gasteiger partial charge in [-0.1, -0.05) is 28.0 Å². The van der Waals surface area contributed by atoms with Gasteiger partial charge >= 0.3 is 12.6 Å². The van der Waals surface area contributed by atoms with Gasteiger partial charge in [0, 0.05) is 24.6 Å². The standard InChI is InChI=1S/C12H24N4O4S2/c13-4-2-1-3-10(14)11(18)15-5-7-21-22-8-6-16-12(19)20-9-17/h9-10H,1-8,13-14H2,(H,15,18)(H,16,19). The number of hydrogen-bond acceptors (Lipinski definition) is 8. The van der Waals surface area contributed by atoms with Crippen LogP contribution < -0.4 is 22.1 Å². The molecule has 0 aromatic heterocycles. The largest absolute Gasteiger partial charge is 0.414 e. The van der Waals surface area contributed by atoms with Crippen LogP contribution in [0.25, 0.3) is 0 Å². The molecule has 0 fully saturated rings. The third-order valence-corrected chi connectivity index (χ3v) is 4.89. The number of amides is 2. The van der Waals surface area contributed by atoms with Crippen molar-refractivity contribution in [3.05, 3.63) is 0 Å². The molecule has 22 heavy (non-hydrogen) atoms. The highest BCUT2D eigenvalue weighted by Gasteiger charge is 2.11. The Morgan fingerprint density at radius 3 is 2.36 bits per heavy atom. The van der Waals surface area contributed by atoms with Crippen LogP contribution in [0, 0.1) is 0 Å². The molecule has 1 atom stereocenters. The number of carbonyl (C=O) groups excluding carboxylic acids is 3. The van der Waals surface area contributed by atoms with E-state index in [0.29, 0.717) is 31.8 Å². The van der Waals surface area contributed by atoms with Gasteiger partial charge in [0.2, 0.25) is 5.91 Å². The highest BCUT2D eigenvalue weighted by atomic mass is 33.1. The van der Waals surface area contributed by atoms with Gasteiger partial charge in [-0.15, -0.1) is 0 Å². The number of nitrogens with one attached hydrogen (secondary N) is 2. The van der Waals surface area contributed by atoms with Crippen molar-refractivity contribution in [1.82, 2.24) is 10.6 Å². The second kappa shape index (κ2) is 14.9. The number of rotatable bonds is 13. The molecule has 0 aliphatic carbocycles. The first-order valence-corrected chi connectivity index (χ1v) is 9.46. The van der Waals surface area contributed by atoms with E-state index in [1.165, 1.54) is 0 Å². The van der Waals surface area contributed by atoms with E-state index in [2.05, 4.69) is 15.4 Å². The van der Waals surface area contributed by atoms with Crippen LogP contribution in [0.3, 0.4) is 0 Å². The number of carbonyl (C=O) groups is 3. The molecule has 8 nitrogen and oxygen atoms in total. The maximum atomic E-state index is 11.6. The van der Waals surface area contributed by atoms with E-state index < -0.39 is 12.1 Å². The first kappa shape index (κ1) is 21.0. The lowest BCUT2D eigenvalue weighted by Gasteiger charge is -2.11. The summed E-state index contributed by atoms with van der Waals surface area (Å²) in [6, 6.07) is -0.475. The van der Waals surface area contributed by atoms with E-state index in [1.807, 2.05) is 0 Å². The first-order chi connectivity index (χ1) is 10.6. The molecule has 0 aromatic carbocycles. The molecule has 0 radical (unpaired) electrons. The summed E-state index contributed by atoms with van der Waals surface area (Å²) in [4.78, 5) is 32.3. The summed E-state index contributed by atoms with van der Waals surface area (Å²) in [6.07, 6.45) is 1.63. The molecule has 0 heterocycles. The zero-order valence-electron chi connectivity index (χ0n) is 12.4. The predicted octanol–water partition coefficient (Wildman–Crippen LogP) is -0.177. The molecule has 6 N–H and O–H groups in total. The van der Waals surface area contributed by atoms with Crippen molar-refractivity contribution in [2.45, 2.75) is 25.3 Å². The second-order valence-corrected chi connectivity index (χ2v) is 6.96. The summed E-state index contributed by atoms with van der Waals surface area (Å²) >= 11 is 0. The summed E-state index contributed by atoms with van der Waals surface area (Å²) in [7, 11) is 3.13. The Kier molecular flexibility index (Phi) is 14.3. The van der Waals surface area contributed by atoms with E-state index in [0.717, 1.165) is 18.6 Å². The lowest BCUT2D eigenvalue weighted by Crippen LogP contribution is -2.41. The fourth-order valence-corrected chi connectivity index (χ4v) is 3.20. The number of hydrogen-bond donors (Lipinski definition) is 4. The van der Waals surface area contributed by atoms with Crippen LogP contribution in [-0.4, -0.2) is 55.7 Å². The van der Waals surface area contributed by atoms with Crippen molar-refractivity contribution in [2.75, 3.05) is 31.1 Å². The minimum atomic E-state index is -0.753. The van der Waals surface area contributed by atoms with E-state index in [1.54, 1.807) is 21.6 Å². The number of unbranched alkanes of at least 4 members (excludes halogenated alkanes) is 1. The molecule has 128 valence electrons. The molecular formula is C12H24N4O4S2. The maximum absolute atomic E-state index is 11.6. The van der Waals surface area contributed by atoms with Gasteiger partial charge in [-0.25, -0.2) is 4.79 Å². The second-order valence-electron chi connectivity index (χ2n) is 4.25. The van der Waals surface area contributed by atoms with Crippen molar-refractivity contribution >= 4 is 40.1 Å². The van der Waals surface area contributed by atoms with Gasteiger partial charge in [0.05, 0.1) is 6.04 Å². The minimum absolute atomic E-state index is 0.0840. The third-order valence-electron chi connectivity index (χ3n) is 2.48. The van der Waals surface area contributed by atoms with Crippen molar-refractivity contribution in [2.24, 2.45) is 11.5 Å². The highest BCUT2D eigenvalue weighted by molar-refractivity contribution is 8.76. The number of ether oxygens (including phenoxy) is 1. The lowest BCUT2D eigenvalue weighted by molar-refractivity contribution is -0.123. The summed E-state index contributed by atoms with van der Waals surface area (Å²) in [6.45, 7) is 1.65. The maximum Gasteiger partial charge on any atom is 0.414 e. The Morgan fingerprint density at radius 2 is 1.77 bits per heavy atom. The first-order valence-electron chi connectivity index (χ1n) is 6.97. The van der Waals surface area contributed by atoms with Gasteiger partial charge in [0.1, 0.15) is 0 Å². The quantitative estimate of drug-likeness (QED) is 0.155. The molecule has 0 spiro atoms. The Morgan fingerprint density at radius 1 is 1.14 bits per heavy atom. The Labute approximate surface area is 138 Å². The van der Waals surface area contributed by atoms with Gasteiger partial charge in [0.25, 0.3) is 0 Å². The molecule has 10 heteroatoms. The monoisotopic (exact) mass is 352 g/mol. The van der Waals surface area contributed by atoms with Crippen LogP contribution in [0.2, 0.25) is 0 Å². The van der Waals surface area contributed by atoms with Gasteiger partial charge in [-0.3, -0.25) is 9.59 Å². The van der Waals surface area contributed by atoms with Gasteiger partial charge in [0.15, 0.2) is 0 Å². The van der Waals surface area contributed by atoms with Crippen molar-refractivity contribution in [3.63, 3.8) is 0 Å². The van der Waals surface area contributed by atoms with Crippen LogP contribution in [0.4, 0.5) is 4.79 Å². The van der Waals surface area contributed by atoms with Crippen molar-refractivity contribution < 1.29 is 19.1 Å². The molecule has 0 bridgehead atoms. The summed E-state index contributed by atoms with van der Waals surface area (Å²) in [5.74, 6) is 1.27. The molecule has 0 rings (SSSR count). The van der Waals surface area contributed by atoms with Crippen molar-refractivity contribution in [3.8, 4) is 0 Å². The summed E-state index contributed by atoms with van der Waals surface area (Å²) in [5, 5.41) is 5.19. The normalized spacial score (nSPS) is 11.5. The van der Waals surface area contributed by atoms with Crippen LogP contribution in [0.15, 0.2) is 0 Å². The molecule has 0 aliphatic rings. The third kappa shape index (κ3) is 12.7. The van der Waals surface area contributed by atoms with E-state index in [9.17, 15) is 14.4 Å². The molecule has 0 saturated carbocycles. The zero-order chi connectivity index (χ0) is 16.6. The minimum Gasteiger partial charge on any atom is -0.379 e. The summed E-state index contributed by atoms with van der Waals surface area (Å²) < 4.78 is 4.06. The molecule has 1 unspecified atom stereocenters. The smallest absolute Gasteiger partial charge is 0.379 e. The van der Waals surface area contributed by atoms with E-state index >= 15 is 0 Å². The predicted molar refractivity (Wildman–Crippen MR) is 89.4 cm³/mol. The molecule has 0 aromatic rings. The number of nitrogens with two attached hydrogens (primary N) is 2. The fraction of sp³-hybridized carbons (Fsp3) is 0.750. The average molecular weight is 352 g/mol. The molecular weight excluding hydrogens is 328 g/mol. The van der Waals surface area contributed by atoms with Crippen LogP contribution in [-0.2, 0) is 14.3 Å². The van der Waals surface area contributed by atoms with Crippen molar-refractivity contribution in [1.29, 1.82) is 0 Å². The highest BCUT2D eigenvalue weighted by Crippen LogP contribution is 2.19. The van der Waals surface area contributed by atoms with E-state index in [4.69, 9.17) is 11.5 Å².